The van der Waals surface area contributed by atoms with Crippen molar-refractivity contribution in [3.05, 3.63) is 0 Å². The number of aliphatic carboxylic acids is 1. The lowest BCUT2D eigenvalue weighted by molar-refractivity contribution is -0.391. The van der Waals surface area contributed by atoms with E-state index in [1.54, 1.807) is 0 Å². The van der Waals surface area contributed by atoms with Crippen LogP contribution in [0.2, 0.25) is 0 Å². The number of carboxylic acid groups (broad SMARTS) is 1. The molecule has 3 unspecified atom stereocenters. The Balaban J connectivity index is 0.941. The predicted molar refractivity (Wildman–Crippen MR) is 329 cm³/mol. The molecule has 0 saturated carbocycles. The number of rotatable bonds is 41. The highest BCUT2D eigenvalue weighted by Crippen LogP contribution is 2.40. The monoisotopic (exact) mass is 1510 g/mol. The molecule has 44 nitrogen and oxygen atoms in total. The first-order chi connectivity index (χ1) is 49.0. The molecule has 0 spiro atoms. The van der Waals surface area contributed by atoms with Crippen molar-refractivity contribution in [1.29, 1.82) is 0 Å². The predicted octanol–water partition coefficient (Wildman–Crippen LogP) is -13.7. The lowest BCUT2D eigenvalue weighted by Gasteiger charge is -2.51. The summed E-state index contributed by atoms with van der Waals surface area (Å²) >= 11 is 0. The van der Waals surface area contributed by atoms with E-state index in [9.17, 15) is 111 Å². The number of hydrogen-bond acceptors (Lipinski definition) is 39. The number of carbonyl (C=O) groups is 5. The molecule has 0 radical (unpaired) electrons. The number of hydrogen-bond donors (Lipinski definition) is 22. The SMILES string of the molecule is CC(=O)N[C@H]1[C@H](OC2[C@@H](CO)O[C@@H](O)[C@H](NC(C)=O)[C@H]2O)O[C@H](CO)[C@@H](ONCCOCCOCCOCCOCCOCCO[C@@H]2O[C@H](CO)[C@@H](O[C@@H]3O[C@H](CO)[C@H](O)[C@H](O[C@]4(C(=O)O)C[C@H](O)[C@@H](NC(C)=O)C([C@H](O)[C@H](O)CO)O4)[C@H]3O)[C@H](OC3O[C@@H](C)[C@@H](O)[C@@H](O)[C@@H]3O)[C@H]2NC(C)=O)[C@@H]1O. The molecule has 6 aliphatic rings. The minimum Gasteiger partial charge on any atom is -0.477 e. The largest absolute Gasteiger partial charge is 0.477 e. The molecule has 6 aliphatic heterocycles. The van der Waals surface area contributed by atoms with Crippen LogP contribution in [0.15, 0.2) is 0 Å². The van der Waals surface area contributed by atoms with Gasteiger partial charge in [-0.05, 0) is 6.92 Å². The summed E-state index contributed by atoms with van der Waals surface area (Å²) in [5, 5.41) is 192. The average molecular weight is 1510 g/mol. The second kappa shape index (κ2) is 42.7. The number of aliphatic hydroxyl groups excluding tert-OH is 16. The number of carbonyl (C=O) groups excluding carboxylic acids is 4. The quantitative estimate of drug-likeness (QED) is 0.0200. The molecule has 6 rings (SSSR count). The zero-order valence-electron chi connectivity index (χ0n) is 57.1. The molecular formula is C59H103N5O39. The van der Waals surface area contributed by atoms with E-state index in [2.05, 4.69) is 26.7 Å². The molecule has 598 valence electrons. The number of ether oxygens (including phenoxy) is 16. The van der Waals surface area contributed by atoms with Crippen molar-refractivity contribution in [2.24, 2.45) is 0 Å². The molecule has 6 heterocycles. The molecule has 0 aliphatic carbocycles. The lowest BCUT2D eigenvalue weighted by atomic mass is 9.88. The molecule has 6 fully saturated rings. The van der Waals surface area contributed by atoms with E-state index in [4.69, 9.17) is 80.6 Å². The summed E-state index contributed by atoms with van der Waals surface area (Å²) in [7, 11) is 0. The maximum absolute atomic E-state index is 13.2. The molecule has 0 aromatic rings. The van der Waals surface area contributed by atoms with Gasteiger partial charge in [0.2, 0.25) is 23.6 Å². The van der Waals surface area contributed by atoms with E-state index in [-0.39, 0.29) is 79.2 Å². The van der Waals surface area contributed by atoms with Crippen LogP contribution in [0.5, 0.6) is 0 Å². The molecule has 0 aromatic heterocycles. The van der Waals surface area contributed by atoms with Crippen LogP contribution in [-0.4, -0.2) is 418 Å². The van der Waals surface area contributed by atoms with Crippen LogP contribution in [0, 0.1) is 0 Å². The Labute approximate surface area is 589 Å². The van der Waals surface area contributed by atoms with Crippen LogP contribution in [-0.2, 0) is 105 Å². The van der Waals surface area contributed by atoms with Crippen LogP contribution < -0.4 is 26.7 Å². The molecular weight excluding hydrogens is 1400 g/mol. The Bertz CT molecular complexity index is 2550. The van der Waals surface area contributed by atoms with Crippen molar-refractivity contribution in [3.63, 3.8) is 0 Å². The highest BCUT2D eigenvalue weighted by Gasteiger charge is 2.61. The third-order valence-electron chi connectivity index (χ3n) is 17.2. The highest BCUT2D eigenvalue weighted by molar-refractivity contribution is 5.77. The number of carboxylic acids is 1. The van der Waals surface area contributed by atoms with E-state index in [1.165, 1.54) is 6.92 Å². The van der Waals surface area contributed by atoms with Gasteiger partial charge < -0.3 is 184 Å². The zero-order valence-corrected chi connectivity index (χ0v) is 57.1. The van der Waals surface area contributed by atoms with Gasteiger partial charge in [-0.3, -0.25) is 24.0 Å². The first-order valence-electron chi connectivity index (χ1n) is 33.3. The van der Waals surface area contributed by atoms with Crippen molar-refractivity contribution < 1.29 is 191 Å². The molecule has 4 amide bonds. The molecule has 0 aromatic carbocycles. The Kier molecular flexibility index (Phi) is 36.4. The summed E-state index contributed by atoms with van der Waals surface area (Å²) in [6.07, 6.45) is -47.7. The molecule has 44 heteroatoms. The second-order valence-corrected chi connectivity index (χ2v) is 24.9. The van der Waals surface area contributed by atoms with Crippen molar-refractivity contribution in [3.8, 4) is 0 Å². The van der Waals surface area contributed by atoms with Crippen LogP contribution in [0.1, 0.15) is 41.0 Å². The third-order valence-corrected chi connectivity index (χ3v) is 17.2. The number of aliphatic hydroxyl groups is 16. The summed E-state index contributed by atoms with van der Waals surface area (Å²) in [5.41, 5.74) is 2.62. The van der Waals surface area contributed by atoms with Gasteiger partial charge in [0.1, 0.15) is 134 Å². The van der Waals surface area contributed by atoms with Gasteiger partial charge in [0, 0.05) is 40.7 Å². The van der Waals surface area contributed by atoms with Crippen molar-refractivity contribution in [2.75, 3.05) is 112 Å². The van der Waals surface area contributed by atoms with E-state index >= 15 is 0 Å². The Morgan fingerprint density at radius 2 is 0.913 bits per heavy atom. The summed E-state index contributed by atoms with van der Waals surface area (Å²) in [6, 6.07) is -5.96. The minimum atomic E-state index is -3.18. The van der Waals surface area contributed by atoms with Gasteiger partial charge in [-0.25, -0.2) is 4.79 Å². The maximum Gasteiger partial charge on any atom is 0.364 e. The van der Waals surface area contributed by atoms with Crippen LogP contribution in [0.4, 0.5) is 0 Å². The second-order valence-electron chi connectivity index (χ2n) is 24.9. The Hall–Kier alpha value is -4.01. The zero-order chi connectivity index (χ0) is 76.0. The van der Waals surface area contributed by atoms with Gasteiger partial charge in [0.05, 0.1) is 124 Å². The minimum absolute atomic E-state index is 0.0350. The number of nitrogens with one attached hydrogen (secondary N) is 5. The van der Waals surface area contributed by atoms with Gasteiger partial charge in [0.25, 0.3) is 5.79 Å². The Morgan fingerprint density at radius 1 is 0.456 bits per heavy atom. The molecule has 0 bridgehead atoms. The number of hydroxylamine groups is 1. The summed E-state index contributed by atoms with van der Waals surface area (Å²) in [5.74, 6) is -8.04. The maximum atomic E-state index is 13.2. The van der Waals surface area contributed by atoms with E-state index in [0.717, 1.165) is 27.7 Å². The van der Waals surface area contributed by atoms with E-state index in [0.29, 0.717) is 0 Å². The third kappa shape index (κ3) is 24.0. The van der Waals surface area contributed by atoms with E-state index < -0.39 is 259 Å². The summed E-state index contributed by atoms with van der Waals surface area (Å²) in [6.45, 7) is 1.96. The van der Waals surface area contributed by atoms with E-state index in [1.807, 2.05) is 0 Å². The van der Waals surface area contributed by atoms with Crippen LogP contribution in [0.25, 0.3) is 0 Å². The summed E-state index contributed by atoms with van der Waals surface area (Å²) < 4.78 is 92.4. The fraction of sp³-hybridized carbons (Fsp3) is 0.915. The lowest BCUT2D eigenvalue weighted by Crippen LogP contribution is -2.71. The normalized spacial score (nSPS) is 39.2. The van der Waals surface area contributed by atoms with Gasteiger partial charge in [-0.15, -0.1) is 0 Å². The molecule has 22 N–H and O–H groups in total. The fourth-order valence-corrected chi connectivity index (χ4v) is 12.1. The first-order valence-corrected chi connectivity index (χ1v) is 33.3. The van der Waals surface area contributed by atoms with Gasteiger partial charge in [0.15, 0.2) is 31.5 Å². The van der Waals surface area contributed by atoms with Crippen LogP contribution in [0.3, 0.4) is 0 Å². The van der Waals surface area contributed by atoms with Gasteiger partial charge in [-0.2, -0.15) is 5.48 Å². The molecule has 31 atom stereocenters. The van der Waals surface area contributed by atoms with Crippen molar-refractivity contribution in [2.45, 2.75) is 231 Å². The summed E-state index contributed by atoms with van der Waals surface area (Å²) in [4.78, 5) is 67.8. The molecule has 6 saturated heterocycles. The van der Waals surface area contributed by atoms with Crippen molar-refractivity contribution >= 4 is 29.6 Å². The van der Waals surface area contributed by atoms with Gasteiger partial charge >= 0.3 is 5.97 Å². The van der Waals surface area contributed by atoms with Gasteiger partial charge in [-0.1, -0.05) is 0 Å². The van der Waals surface area contributed by atoms with Crippen LogP contribution >= 0.6 is 0 Å². The standard InChI is InChI=1S/C59H103N5O39/c1-24-39(76)44(81)45(82)56(93-24)100-51-38(64-28(5)73)54(96-34(23-69)49(51)99-57-46(83)52(41(78)31(20-66)95-57)102-59(58(85)86)18-29(74)35(61-25(2)70)50(101-59)40(77)30(75)19-65)92-17-16-91-15-14-90-13-12-89-11-10-88-9-8-87-7-6-60-103-48-33(22-68)97-55(37(43(48)80)63-27(4)72)98-47-32(21-67)94-53(84)36(42(47)79)62-26(3)71/h24,29-57,60,65-69,74-84H,6-23H2,1-5H3,(H,61,70)(H,62,71)(H,63,72)(H,64,73)(H,85,86)/t24-,29-,30+,31+,32+,33+,34+,35+,36+,37+,38+,39+,40+,41-,42+,43+,44+,45-,46+,47?,48+,49+,50?,51+,52-,53+,54+,55-,56?,57-,59-/m0/s1. The topological polar surface area (TPSA) is 646 Å². The average Bonchev–Trinajstić information content (AvgIpc) is 0.756. The smallest absolute Gasteiger partial charge is 0.364 e. The Morgan fingerprint density at radius 3 is 1.46 bits per heavy atom. The highest BCUT2D eigenvalue weighted by atomic mass is 16.8. The first kappa shape index (κ1) is 87.9. The van der Waals surface area contributed by atoms with Crippen molar-refractivity contribution in [1.82, 2.24) is 26.7 Å². The number of amides is 4. The fourth-order valence-electron chi connectivity index (χ4n) is 12.1. The molecule has 103 heavy (non-hydrogen) atoms.